The Labute approximate surface area is 82.7 Å². The van der Waals surface area contributed by atoms with Crippen LogP contribution in [0.3, 0.4) is 0 Å². The fourth-order valence-corrected chi connectivity index (χ4v) is 1.00. The Hall–Kier alpha value is -2.08. The molecule has 1 amide bonds. The van der Waals surface area contributed by atoms with Gasteiger partial charge in [0.15, 0.2) is 0 Å². The number of amides is 1. The average Bonchev–Trinajstić information content (AvgIpc) is 2.17. The van der Waals surface area contributed by atoms with Crippen molar-refractivity contribution in [1.82, 2.24) is 5.32 Å². The summed E-state index contributed by atoms with van der Waals surface area (Å²) < 4.78 is 0. The molecular weight excluding hydrogens is 176 g/mol. The number of nitriles is 1. The number of carbonyl (C=O) groups is 1. The number of benzene rings is 1. The van der Waals surface area contributed by atoms with Gasteiger partial charge in [0.05, 0.1) is 0 Å². The zero-order valence-electron chi connectivity index (χ0n) is 7.82. The van der Waals surface area contributed by atoms with E-state index in [4.69, 9.17) is 5.26 Å². The smallest absolute Gasteiger partial charge is 0.221 e. The second kappa shape index (κ2) is 4.83. The zero-order chi connectivity index (χ0) is 10.4. The van der Waals surface area contributed by atoms with Crippen LogP contribution < -0.4 is 5.32 Å². The molecule has 1 rings (SSSR count). The van der Waals surface area contributed by atoms with Crippen molar-refractivity contribution in [3.05, 3.63) is 41.6 Å². The Bertz CT molecular complexity index is 387. The van der Waals surface area contributed by atoms with Gasteiger partial charge in [0.25, 0.3) is 0 Å². The number of carbonyl (C=O) groups excluding carboxylic acids is 1. The maximum absolute atomic E-state index is 10.7. The van der Waals surface area contributed by atoms with Crippen molar-refractivity contribution in [2.45, 2.75) is 6.92 Å². The van der Waals surface area contributed by atoms with Crippen LogP contribution in [-0.2, 0) is 4.79 Å². The lowest BCUT2D eigenvalue weighted by molar-refractivity contribution is -0.118. The molecule has 14 heavy (non-hydrogen) atoms. The highest BCUT2D eigenvalue weighted by Gasteiger charge is 1.97. The van der Waals surface area contributed by atoms with Crippen molar-refractivity contribution in [2.24, 2.45) is 0 Å². The lowest BCUT2D eigenvalue weighted by Gasteiger charge is -1.98. The molecule has 0 atom stereocenters. The highest BCUT2D eigenvalue weighted by Crippen LogP contribution is 2.03. The lowest BCUT2D eigenvalue weighted by atomic mass is 10.2. The summed E-state index contributed by atoms with van der Waals surface area (Å²) >= 11 is 0. The minimum absolute atomic E-state index is 0.242. The Morgan fingerprint density at radius 2 is 2.07 bits per heavy atom. The fourth-order valence-electron chi connectivity index (χ4n) is 1.00. The normalized spacial score (nSPS) is 10.4. The van der Waals surface area contributed by atoms with Gasteiger partial charge in [0.2, 0.25) is 5.91 Å². The molecule has 0 aliphatic carbocycles. The average molecular weight is 186 g/mol. The monoisotopic (exact) mass is 186 g/mol. The maximum atomic E-state index is 10.7. The van der Waals surface area contributed by atoms with E-state index in [1.165, 1.54) is 6.92 Å². The van der Waals surface area contributed by atoms with Crippen LogP contribution in [0, 0.1) is 11.3 Å². The standard InChI is InChI=1S/C11H10N2O/c1-9(14)13-11(8-12)7-10-5-3-2-4-6-10/h2-7H,1H3,(H,13,14)/b11-7-. The van der Waals surface area contributed by atoms with Crippen LogP contribution in [0.5, 0.6) is 0 Å². The Balaban J connectivity index is 2.86. The molecule has 1 N–H and O–H groups in total. The first-order chi connectivity index (χ1) is 6.72. The predicted molar refractivity (Wildman–Crippen MR) is 53.8 cm³/mol. The van der Waals surface area contributed by atoms with E-state index in [0.717, 1.165) is 5.56 Å². The molecule has 0 heterocycles. The molecule has 0 aliphatic rings. The molecule has 1 aromatic rings. The van der Waals surface area contributed by atoms with E-state index in [1.807, 2.05) is 36.4 Å². The van der Waals surface area contributed by atoms with Crippen LogP contribution in [0.2, 0.25) is 0 Å². The van der Waals surface area contributed by atoms with E-state index in [-0.39, 0.29) is 11.6 Å². The number of allylic oxidation sites excluding steroid dienone is 1. The highest BCUT2D eigenvalue weighted by atomic mass is 16.1. The van der Waals surface area contributed by atoms with Gasteiger partial charge in [-0.3, -0.25) is 4.79 Å². The van der Waals surface area contributed by atoms with Crippen molar-refractivity contribution in [3.8, 4) is 6.07 Å². The van der Waals surface area contributed by atoms with E-state index in [2.05, 4.69) is 5.32 Å². The summed E-state index contributed by atoms with van der Waals surface area (Å²) in [7, 11) is 0. The SMILES string of the molecule is CC(=O)N/C(C#N)=C\c1ccccc1. The van der Waals surface area contributed by atoms with Crippen LogP contribution in [0.4, 0.5) is 0 Å². The molecule has 3 nitrogen and oxygen atoms in total. The number of nitrogens with zero attached hydrogens (tertiary/aromatic N) is 1. The van der Waals surface area contributed by atoms with E-state index in [1.54, 1.807) is 6.08 Å². The van der Waals surface area contributed by atoms with Gasteiger partial charge >= 0.3 is 0 Å². The summed E-state index contributed by atoms with van der Waals surface area (Å²) in [4.78, 5) is 10.7. The Kier molecular flexibility index (Phi) is 3.45. The van der Waals surface area contributed by atoms with E-state index in [0.29, 0.717) is 0 Å². The van der Waals surface area contributed by atoms with Crippen LogP contribution in [0.25, 0.3) is 6.08 Å². The quantitative estimate of drug-likeness (QED) is 0.714. The van der Waals surface area contributed by atoms with Crippen molar-refractivity contribution in [2.75, 3.05) is 0 Å². The van der Waals surface area contributed by atoms with Gasteiger partial charge in [-0.2, -0.15) is 5.26 Å². The van der Waals surface area contributed by atoms with Gasteiger partial charge in [0, 0.05) is 6.92 Å². The minimum Gasteiger partial charge on any atom is -0.318 e. The molecule has 0 saturated heterocycles. The first-order valence-corrected chi connectivity index (χ1v) is 4.17. The summed E-state index contributed by atoms with van der Waals surface area (Å²) in [5.74, 6) is -0.242. The minimum atomic E-state index is -0.242. The summed E-state index contributed by atoms with van der Waals surface area (Å²) in [5, 5.41) is 11.1. The zero-order valence-corrected chi connectivity index (χ0v) is 7.82. The molecule has 0 aliphatic heterocycles. The van der Waals surface area contributed by atoms with Crippen molar-refractivity contribution < 1.29 is 4.79 Å². The number of hydrogen-bond acceptors (Lipinski definition) is 2. The topological polar surface area (TPSA) is 52.9 Å². The summed E-state index contributed by atoms with van der Waals surface area (Å²) in [6, 6.07) is 11.3. The van der Waals surface area contributed by atoms with Crippen molar-refractivity contribution in [1.29, 1.82) is 5.26 Å². The molecule has 0 aromatic heterocycles. The van der Waals surface area contributed by atoms with Gasteiger partial charge in [-0.15, -0.1) is 0 Å². The Morgan fingerprint density at radius 1 is 1.43 bits per heavy atom. The first kappa shape index (κ1) is 10.0. The molecule has 70 valence electrons. The molecule has 1 aromatic carbocycles. The predicted octanol–water partition coefficient (Wildman–Crippen LogP) is 1.69. The summed E-state index contributed by atoms with van der Waals surface area (Å²) in [6.45, 7) is 1.37. The molecular formula is C11H10N2O. The Morgan fingerprint density at radius 3 is 2.57 bits per heavy atom. The number of rotatable bonds is 2. The van der Waals surface area contributed by atoms with E-state index < -0.39 is 0 Å². The number of hydrogen-bond donors (Lipinski definition) is 1. The van der Waals surface area contributed by atoms with Crippen LogP contribution >= 0.6 is 0 Å². The van der Waals surface area contributed by atoms with Crippen LogP contribution in [0.1, 0.15) is 12.5 Å². The van der Waals surface area contributed by atoms with Crippen LogP contribution in [-0.4, -0.2) is 5.91 Å². The molecule has 0 radical (unpaired) electrons. The van der Waals surface area contributed by atoms with Gasteiger partial charge in [-0.1, -0.05) is 30.3 Å². The van der Waals surface area contributed by atoms with Crippen molar-refractivity contribution in [3.63, 3.8) is 0 Å². The van der Waals surface area contributed by atoms with Gasteiger partial charge < -0.3 is 5.32 Å². The lowest BCUT2D eigenvalue weighted by Crippen LogP contribution is -2.17. The number of nitrogens with one attached hydrogen (secondary N) is 1. The van der Waals surface area contributed by atoms with Gasteiger partial charge in [0.1, 0.15) is 11.8 Å². The molecule has 3 heteroatoms. The fraction of sp³-hybridized carbons (Fsp3) is 0.0909. The van der Waals surface area contributed by atoms with E-state index >= 15 is 0 Å². The second-order valence-corrected chi connectivity index (χ2v) is 2.76. The molecule has 0 bridgehead atoms. The van der Waals surface area contributed by atoms with E-state index in [9.17, 15) is 4.79 Å². The second-order valence-electron chi connectivity index (χ2n) is 2.76. The van der Waals surface area contributed by atoms with Crippen molar-refractivity contribution >= 4 is 12.0 Å². The highest BCUT2D eigenvalue weighted by molar-refractivity contribution is 5.77. The third-order valence-electron chi connectivity index (χ3n) is 1.54. The molecule has 0 saturated carbocycles. The van der Waals surface area contributed by atoms with Gasteiger partial charge in [-0.05, 0) is 11.6 Å². The maximum Gasteiger partial charge on any atom is 0.221 e. The van der Waals surface area contributed by atoms with Crippen LogP contribution in [0.15, 0.2) is 36.0 Å². The largest absolute Gasteiger partial charge is 0.318 e. The molecule has 0 spiro atoms. The summed E-state index contributed by atoms with van der Waals surface area (Å²) in [6.07, 6.45) is 1.63. The third-order valence-corrected chi connectivity index (χ3v) is 1.54. The molecule has 0 unspecified atom stereocenters. The van der Waals surface area contributed by atoms with Gasteiger partial charge in [-0.25, -0.2) is 0 Å². The molecule has 0 fully saturated rings. The first-order valence-electron chi connectivity index (χ1n) is 4.17. The summed E-state index contributed by atoms with van der Waals surface area (Å²) in [5.41, 5.74) is 1.14. The third kappa shape index (κ3) is 3.11.